The minimum Gasteiger partial charge on any atom is -0.373 e. The van der Waals surface area contributed by atoms with Crippen LogP contribution in [-0.4, -0.2) is 19.3 Å². The van der Waals surface area contributed by atoms with Crippen LogP contribution in [-0.2, 0) is 4.74 Å². The lowest BCUT2D eigenvalue weighted by Gasteiger charge is -2.21. The van der Waals surface area contributed by atoms with Crippen molar-refractivity contribution in [2.75, 3.05) is 13.2 Å². The lowest BCUT2D eigenvalue weighted by atomic mass is 9.84. The van der Waals surface area contributed by atoms with E-state index in [4.69, 9.17) is 10.5 Å². The smallest absolute Gasteiger partial charge is 0.0860 e. The van der Waals surface area contributed by atoms with Gasteiger partial charge < -0.3 is 10.5 Å². The highest BCUT2D eigenvalue weighted by molar-refractivity contribution is 5.85. The predicted octanol–water partition coefficient (Wildman–Crippen LogP) is 5.08. The lowest BCUT2D eigenvalue weighted by molar-refractivity contribution is 0.220. The fourth-order valence-corrected chi connectivity index (χ4v) is 2.80. The van der Waals surface area contributed by atoms with Gasteiger partial charge in [0, 0.05) is 0 Å². The molecule has 0 aromatic carbocycles. The molecule has 1 aliphatic rings. The third-order valence-corrected chi connectivity index (χ3v) is 4.48. The van der Waals surface area contributed by atoms with Crippen molar-refractivity contribution in [2.24, 2.45) is 11.1 Å². The van der Waals surface area contributed by atoms with Crippen LogP contribution in [0.4, 0.5) is 0 Å². The number of halogens is 1. The van der Waals surface area contributed by atoms with Gasteiger partial charge in [0.15, 0.2) is 0 Å². The van der Waals surface area contributed by atoms with Gasteiger partial charge in [0.05, 0.1) is 12.7 Å². The topological polar surface area (TPSA) is 38.5 Å². The number of nitrogens with two attached hydrogens (primary N) is 1. The van der Waals surface area contributed by atoms with Gasteiger partial charge in [-0.1, -0.05) is 71.6 Å². The van der Waals surface area contributed by atoms with Crippen molar-refractivity contribution in [3.63, 3.8) is 0 Å². The van der Waals surface area contributed by atoms with Crippen LogP contribution in [0.1, 0.15) is 84.5 Å². The van der Waals surface area contributed by atoms with E-state index < -0.39 is 0 Å². The molecule has 122 valence electrons. The van der Waals surface area contributed by atoms with Gasteiger partial charge in [-0.25, -0.2) is 0 Å². The van der Waals surface area contributed by atoms with Crippen LogP contribution >= 0.6 is 12.4 Å². The second kappa shape index (κ2) is 11.8. The van der Waals surface area contributed by atoms with Gasteiger partial charge >= 0.3 is 0 Å². The van der Waals surface area contributed by atoms with Crippen LogP contribution in [0.3, 0.4) is 0 Å². The molecular weight excluding hydrogens is 270 g/mol. The van der Waals surface area contributed by atoms with E-state index in [1.54, 1.807) is 0 Å². The van der Waals surface area contributed by atoms with E-state index in [2.05, 4.69) is 13.8 Å². The van der Waals surface area contributed by atoms with Crippen molar-refractivity contribution in [2.45, 2.75) is 90.6 Å². The maximum absolute atomic E-state index is 5.48. The molecule has 3 heteroatoms. The molecule has 0 bridgehead atoms. The zero-order valence-corrected chi connectivity index (χ0v) is 14.5. The molecule has 1 fully saturated rings. The number of hydrogen-bond donors (Lipinski definition) is 1. The number of epoxide rings is 1. The SMILES string of the molecule is CC(C)(CCCCCCCCCCCCN)C1CO1.Cl. The zero-order valence-electron chi connectivity index (χ0n) is 13.7. The van der Waals surface area contributed by atoms with Gasteiger partial charge in [-0.3, -0.25) is 0 Å². The van der Waals surface area contributed by atoms with Gasteiger partial charge in [-0.05, 0) is 24.8 Å². The Morgan fingerprint density at radius 2 is 1.25 bits per heavy atom. The van der Waals surface area contributed by atoms with E-state index in [0.717, 1.165) is 13.2 Å². The fraction of sp³-hybridized carbons (Fsp3) is 1.00. The average molecular weight is 306 g/mol. The largest absolute Gasteiger partial charge is 0.373 e. The van der Waals surface area contributed by atoms with E-state index in [1.165, 1.54) is 70.6 Å². The van der Waals surface area contributed by atoms with Crippen molar-refractivity contribution >= 4 is 12.4 Å². The van der Waals surface area contributed by atoms with E-state index in [-0.39, 0.29) is 12.4 Å². The number of ether oxygens (including phenoxy) is 1. The van der Waals surface area contributed by atoms with Crippen LogP contribution in [0.5, 0.6) is 0 Å². The molecule has 1 atom stereocenters. The lowest BCUT2D eigenvalue weighted by Crippen LogP contribution is -2.18. The summed E-state index contributed by atoms with van der Waals surface area (Å²) in [5, 5.41) is 0. The average Bonchev–Trinajstić information content (AvgIpc) is 3.20. The zero-order chi connectivity index (χ0) is 14.0. The Kier molecular flexibility index (Phi) is 11.9. The van der Waals surface area contributed by atoms with Gasteiger partial charge in [-0.2, -0.15) is 0 Å². The second-order valence-corrected chi connectivity index (χ2v) is 6.88. The second-order valence-electron chi connectivity index (χ2n) is 6.88. The number of rotatable bonds is 13. The summed E-state index contributed by atoms with van der Waals surface area (Å²) >= 11 is 0. The molecule has 0 amide bonds. The molecule has 0 aliphatic carbocycles. The van der Waals surface area contributed by atoms with Gasteiger partial charge in [0.2, 0.25) is 0 Å². The molecular formula is C17H36ClNO. The van der Waals surface area contributed by atoms with Gasteiger partial charge in [0.25, 0.3) is 0 Å². The summed E-state index contributed by atoms with van der Waals surface area (Å²) in [5.74, 6) is 0. The van der Waals surface area contributed by atoms with Crippen LogP contribution in [0.2, 0.25) is 0 Å². The molecule has 0 spiro atoms. The normalized spacial score (nSPS) is 17.9. The van der Waals surface area contributed by atoms with E-state index >= 15 is 0 Å². The first kappa shape index (κ1) is 20.2. The Labute approximate surface area is 132 Å². The molecule has 1 aliphatic heterocycles. The van der Waals surface area contributed by atoms with Crippen molar-refractivity contribution in [1.82, 2.24) is 0 Å². The monoisotopic (exact) mass is 305 g/mol. The summed E-state index contributed by atoms with van der Waals surface area (Å²) in [4.78, 5) is 0. The van der Waals surface area contributed by atoms with Crippen LogP contribution in [0.25, 0.3) is 0 Å². The van der Waals surface area contributed by atoms with Gasteiger partial charge in [0.1, 0.15) is 0 Å². The molecule has 1 saturated heterocycles. The van der Waals surface area contributed by atoms with Gasteiger partial charge in [-0.15, -0.1) is 12.4 Å². The Morgan fingerprint density at radius 3 is 1.65 bits per heavy atom. The summed E-state index contributed by atoms with van der Waals surface area (Å²) < 4.78 is 5.42. The minimum absolute atomic E-state index is 0. The minimum atomic E-state index is 0. The number of unbranched alkanes of at least 4 members (excludes halogenated alkanes) is 9. The predicted molar refractivity (Wildman–Crippen MR) is 90.6 cm³/mol. The quantitative estimate of drug-likeness (QED) is 0.380. The van der Waals surface area contributed by atoms with E-state index in [9.17, 15) is 0 Å². The van der Waals surface area contributed by atoms with Crippen LogP contribution < -0.4 is 5.73 Å². The molecule has 0 saturated carbocycles. The molecule has 20 heavy (non-hydrogen) atoms. The summed E-state index contributed by atoms with van der Waals surface area (Å²) in [6, 6.07) is 0. The molecule has 1 heterocycles. The Hall–Kier alpha value is 0.210. The summed E-state index contributed by atoms with van der Waals surface area (Å²) in [5.41, 5.74) is 5.90. The highest BCUT2D eigenvalue weighted by atomic mass is 35.5. The summed E-state index contributed by atoms with van der Waals surface area (Å²) in [6.45, 7) is 6.57. The highest BCUT2D eigenvalue weighted by Gasteiger charge is 2.38. The van der Waals surface area contributed by atoms with Crippen molar-refractivity contribution in [3.05, 3.63) is 0 Å². The van der Waals surface area contributed by atoms with E-state index in [0.29, 0.717) is 11.5 Å². The molecule has 2 nitrogen and oxygen atoms in total. The molecule has 0 aromatic rings. The van der Waals surface area contributed by atoms with Crippen molar-refractivity contribution in [1.29, 1.82) is 0 Å². The molecule has 1 unspecified atom stereocenters. The first-order valence-electron chi connectivity index (χ1n) is 8.48. The van der Waals surface area contributed by atoms with Crippen molar-refractivity contribution < 1.29 is 4.74 Å². The third-order valence-electron chi connectivity index (χ3n) is 4.48. The maximum atomic E-state index is 5.48. The molecule has 1 rings (SSSR count). The number of hydrogen-bond acceptors (Lipinski definition) is 2. The first-order valence-corrected chi connectivity index (χ1v) is 8.48. The molecule has 2 N–H and O–H groups in total. The van der Waals surface area contributed by atoms with Crippen LogP contribution in [0.15, 0.2) is 0 Å². The Bertz CT molecular complexity index is 217. The first-order chi connectivity index (χ1) is 9.17. The standard InChI is InChI=1S/C17H35NO.ClH/c1-17(2,16-15-19-16)13-11-9-7-5-3-4-6-8-10-12-14-18;/h16H,3-15,18H2,1-2H3;1H. The molecule has 0 aromatic heterocycles. The maximum Gasteiger partial charge on any atom is 0.0860 e. The summed E-state index contributed by atoms with van der Waals surface area (Å²) in [6.07, 6.45) is 15.7. The Morgan fingerprint density at radius 1 is 0.850 bits per heavy atom. The Balaban J connectivity index is 0.00000361. The molecule has 0 radical (unpaired) electrons. The fourth-order valence-electron chi connectivity index (χ4n) is 2.80. The van der Waals surface area contributed by atoms with Crippen LogP contribution in [0, 0.1) is 5.41 Å². The summed E-state index contributed by atoms with van der Waals surface area (Å²) in [7, 11) is 0. The van der Waals surface area contributed by atoms with Crippen molar-refractivity contribution in [3.8, 4) is 0 Å². The van der Waals surface area contributed by atoms with E-state index in [1.807, 2.05) is 0 Å². The third kappa shape index (κ3) is 10.0. The highest BCUT2D eigenvalue weighted by Crippen LogP contribution is 2.36.